The summed E-state index contributed by atoms with van der Waals surface area (Å²) in [6.45, 7) is 3.84. The highest BCUT2D eigenvalue weighted by Crippen LogP contribution is 2.33. The molecule has 142 valence electrons. The van der Waals surface area contributed by atoms with Gasteiger partial charge in [-0.15, -0.1) is 0 Å². The van der Waals surface area contributed by atoms with Gasteiger partial charge in [0, 0.05) is 17.2 Å². The normalized spacial score (nSPS) is 10.4. The Kier molecular flexibility index (Phi) is 5.40. The Morgan fingerprint density at radius 2 is 1.46 bits per heavy atom. The maximum absolute atomic E-state index is 12.7. The largest absolute Gasteiger partial charge is 0.497 e. The molecule has 6 nitrogen and oxygen atoms in total. The quantitative estimate of drug-likeness (QED) is 0.333. The predicted molar refractivity (Wildman–Crippen MR) is 106 cm³/mol. The minimum Gasteiger partial charge on any atom is -0.497 e. The van der Waals surface area contributed by atoms with Crippen molar-refractivity contribution in [2.24, 2.45) is 0 Å². The van der Waals surface area contributed by atoms with Crippen LogP contribution in [0.15, 0.2) is 60.7 Å². The summed E-state index contributed by atoms with van der Waals surface area (Å²) in [5.41, 5.74) is 2.34. The third-order valence-corrected chi connectivity index (χ3v) is 4.19. The Labute approximate surface area is 162 Å². The molecule has 0 aliphatic rings. The number of hydrogen-bond donors (Lipinski definition) is 0. The zero-order valence-electron chi connectivity index (χ0n) is 15.8. The van der Waals surface area contributed by atoms with Crippen molar-refractivity contribution in [2.75, 3.05) is 7.11 Å². The van der Waals surface area contributed by atoms with Crippen LogP contribution >= 0.6 is 0 Å². The molecule has 3 aromatic carbocycles. The van der Waals surface area contributed by atoms with Gasteiger partial charge in [-0.1, -0.05) is 6.07 Å². The summed E-state index contributed by atoms with van der Waals surface area (Å²) in [7, 11) is 1.54. The molecule has 3 rings (SSSR count). The molecule has 0 aliphatic carbocycles. The molecule has 0 spiro atoms. The van der Waals surface area contributed by atoms with Gasteiger partial charge in [0.15, 0.2) is 5.78 Å². The van der Waals surface area contributed by atoms with E-state index in [-0.39, 0.29) is 22.8 Å². The first-order valence-corrected chi connectivity index (χ1v) is 8.60. The average molecular weight is 377 g/mol. The molecule has 28 heavy (non-hydrogen) atoms. The number of carbonyl (C=O) groups is 1. The molecular weight excluding hydrogens is 358 g/mol. The van der Waals surface area contributed by atoms with Crippen molar-refractivity contribution in [1.29, 1.82) is 0 Å². The first-order valence-electron chi connectivity index (χ1n) is 8.60. The Balaban J connectivity index is 1.94. The standard InChI is InChI=1S/C22H19NO5/c1-14-10-15(2)12-19(11-14)28-21-9-6-17(13-20(21)23(25)26)22(24)16-4-7-18(27-3)8-5-16/h4-13H,1-3H3. The minimum absolute atomic E-state index is 0.0845. The number of rotatable bonds is 6. The molecule has 0 heterocycles. The molecular formula is C22H19NO5. The number of aryl methyl sites for hydroxylation is 2. The Morgan fingerprint density at radius 3 is 2.04 bits per heavy atom. The molecule has 0 N–H and O–H groups in total. The van der Waals surface area contributed by atoms with Crippen molar-refractivity contribution >= 4 is 11.5 Å². The van der Waals surface area contributed by atoms with Gasteiger partial charge in [0.05, 0.1) is 12.0 Å². The molecule has 0 fully saturated rings. The van der Waals surface area contributed by atoms with Gasteiger partial charge in [-0.3, -0.25) is 14.9 Å². The molecule has 0 amide bonds. The fourth-order valence-corrected chi connectivity index (χ4v) is 2.92. The predicted octanol–water partition coefficient (Wildman–Crippen LogP) is 5.24. The fraction of sp³-hybridized carbons (Fsp3) is 0.136. The van der Waals surface area contributed by atoms with Crippen molar-refractivity contribution in [1.82, 2.24) is 0 Å². The minimum atomic E-state index is -0.553. The third kappa shape index (κ3) is 4.17. The Bertz CT molecular complexity index is 1020. The zero-order chi connectivity index (χ0) is 20.3. The summed E-state index contributed by atoms with van der Waals surface area (Å²) in [5, 5.41) is 11.5. The smallest absolute Gasteiger partial charge is 0.312 e. The summed E-state index contributed by atoms with van der Waals surface area (Å²) in [6.07, 6.45) is 0. The van der Waals surface area contributed by atoms with E-state index < -0.39 is 4.92 Å². The summed E-state index contributed by atoms with van der Waals surface area (Å²) in [6, 6.07) is 16.4. The van der Waals surface area contributed by atoms with E-state index in [4.69, 9.17) is 9.47 Å². The first-order chi connectivity index (χ1) is 13.4. The lowest BCUT2D eigenvalue weighted by atomic mass is 10.0. The lowest BCUT2D eigenvalue weighted by Gasteiger charge is -2.09. The van der Waals surface area contributed by atoms with Gasteiger partial charge in [0.2, 0.25) is 5.75 Å². The van der Waals surface area contributed by atoms with Crippen LogP contribution in [0.25, 0.3) is 0 Å². The van der Waals surface area contributed by atoms with E-state index in [0.29, 0.717) is 17.1 Å². The monoisotopic (exact) mass is 377 g/mol. The number of ketones is 1. The van der Waals surface area contributed by atoms with E-state index in [9.17, 15) is 14.9 Å². The number of hydrogen-bond acceptors (Lipinski definition) is 5. The van der Waals surface area contributed by atoms with Crippen molar-refractivity contribution in [3.05, 3.63) is 93.0 Å². The highest BCUT2D eigenvalue weighted by atomic mass is 16.6. The zero-order valence-corrected chi connectivity index (χ0v) is 15.8. The molecule has 3 aromatic rings. The average Bonchev–Trinajstić information content (AvgIpc) is 2.67. The van der Waals surface area contributed by atoms with E-state index in [0.717, 1.165) is 11.1 Å². The molecule has 0 saturated carbocycles. The molecule has 0 aliphatic heterocycles. The van der Waals surface area contributed by atoms with Gasteiger partial charge in [-0.25, -0.2) is 0 Å². The van der Waals surface area contributed by atoms with Crippen LogP contribution in [0.1, 0.15) is 27.0 Å². The van der Waals surface area contributed by atoms with Crippen LogP contribution in [-0.2, 0) is 0 Å². The number of methoxy groups -OCH3 is 1. The summed E-state index contributed by atoms with van der Waals surface area (Å²) < 4.78 is 10.8. The molecule has 0 unspecified atom stereocenters. The number of ether oxygens (including phenoxy) is 2. The molecule has 6 heteroatoms. The second-order valence-corrected chi connectivity index (χ2v) is 6.42. The number of nitro benzene ring substituents is 1. The SMILES string of the molecule is COc1ccc(C(=O)c2ccc(Oc3cc(C)cc(C)c3)c([N+](=O)[O-])c2)cc1. The van der Waals surface area contributed by atoms with Gasteiger partial charge in [-0.2, -0.15) is 0 Å². The molecule has 0 radical (unpaired) electrons. The van der Waals surface area contributed by atoms with Gasteiger partial charge < -0.3 is 9.47 Å². The van der Waals surface area contributed by atoms with E-state index in [1.807, 2.05) is 19.9 Å². The van der Waals surface area contributed by atoms with E-state index in [1.54, 1.807) is 36.4 Å². The fourth-order valence-electron chi connectivity index (χ4n) is 2.92. The van der Waals surface area contributed by atoms with E-state index in [1.165, 1.54) is 25.3 Å². The van der Waals surface area contributed by atoms with Crippen molar-refractivity contribution in [3.8, 4) is 17.2 Å². The second kappa shape index (κ2) is 7.92. The van der Waals surface area contributed by atoms with Crippen molar-refractivity contribution < 1.29 is 19.2 Å². The first kappa shape index (κ1) is 19.1. The topological polar surface area (TPSA) is 78.7 Å². The maximum atomic E-state index is 12.7. The highest BCUT2D eigenvalue weighted by Gasteiger charge is 2.20. The van der Waals surface area contributed by atoms with Crippen LogP contribution in [0.4, 0.5) is 5.69 Å². The number of benzene rings is 3. The molecule has 0 aromatic heterocycles. The van der Waals surface area contributed by atoms with Crippen LogP contribution < -0.4 is 9.47 Å². The number of nitrogens with zero attached hydrogens (tertiary/aromatic N) is 1. The summed E-state index contributed by atoms with van der Waals surface area (Å²) >= 11 is 0. The van der Waals surface area contributed by atoms with Crippen molar-refractivity contribution in [3.63, 3.8) is 0 Å². The van der Waals surface area contributed by atoms with Gasteiger partial charge in [-0.05, 0) is 73.5 Å². The highest BCUT2D eigenvalue weighted by molar-refractivity contribution is 6.09. The van der Waals surface area contributed by atoms with Crippen molar-refractivity contribution in [2.45, 2.75) is 13.8 Å². The third-order valence-electron chi connectivity index (χ3n) is 4.19. The van der Waals surface area contributed by atoms with Crippen LogP contribution in [0, 0.1) is 24.0 Å². The van der Waals surface area contributed by atoms with E-state index >= 15 is 0 Å². The molecule has 0 saturated heterocycles. The second-order valence-electron chi connectivity index (χ2n) is 6.42. The molecule has 0 bridgehead atoms. The van der Waals surface area contributed by atoms with Crippen LogP contribution in [0.3, 0.4) is 0 Å². The van der Waals surface area contributed by atoms with Gasteiger partial charge in [0.1, 0.15) is 11.5 Å². The van der Waals surface area contributed by atoms with Gasteiger partial charge >= 0.3 is 5.69 Å². The maximum Gasteiger partial charge on any atom is 0.312 e. The number of nitro groups is 1. The van der Waals surface area contributed by atoms with E-state index in [2.05, 4.69) is 0 Å². The summed E-state index contributed by atoms with van der Waals surface area (Å²) in [4.78, 5) is 23.7. The molecule has 0 atom stereocenters. The van der Waals surface area contributed by atoms with Gasteiger partial charge in [0.25, 0.3) is 0 Å². The van der Waals surface area contributed by atoms with Crippen LogP contribution in [0.2, 0.25) is 0 Å². The van der Waals surface area contributed by atoms with Crippen LogP contribution in [0.5, 0.6) is 17.2 Å². The Morgan fingerprint density at radius 1 is 0.857 bits per heavy atom. The van der Waals surface area contributed by atoms with Crippen LogP contribution in [-0.4, -0.2) is 17.8 Å². The Hall–Kier alpha value is -3.67. The lowest BCUT2D eigenvalue weighted by Crippen LogP contribution is -2.03. The lowest BCUT2D eigenvalue weighted by molar-refractivity contribution is -0.385. The summed E-state index contributed by atoms with van der Waals surface area (Å²) in [5.74, 6) is 0.902. The number of carbonyl (C=O) groups excluding carboxylic acids is 1.